The molecule has 0 saturated heterocycles. The zero-order valence-corrected chi connectivity index (χ0v) is 10.7. The second-order valence-electron chi connectivity index (χ2n) is 3.66. The van der Waals surface area contributed by atoms with Crippen LogP contribution in [-0.2, 0) is 0 Å². The Hall–Kier alpha value is -1.88. The van der Waals surface area contributed by atoms with Gasteiger partial charge in [0.1, 0.15) is 11.6 Å². The summed E-state index contributed by atoms with van der Waals surface area (Å²) >= 11 is 3.12. The Bertz CT molecular complexity index is 564. The van der Waals surface area contributed by atoms with Crippen LogP contribution < -0.4 is 5.32 Å². The van der Waals surface area contributed by atoms with Crippen molar-refractivity contribution in [2.45, 2.75) is 0 Å². The molecule has 0 radical (unpaired) electrons. The normalized spacial score (nSPS) is 10.1. The zero-order valence-electron chi connectivity index (χ0n) is 9.15. The molecule has 5 heteroatoms. The third kappa shape index (κ3) is 3.07. The van der Waals surface area contributed by atoms with Crippen LogP contribution in [0.3, 0.4) is 0 Å². The molecule has 1 amide bonds. The highest BCUT2D eigenvalue weighted by Crippen LogP contribution is 2.18. The van der Waals surface area contributed by atoms with Gasteiger partial charge in [-0.25, -0.2) is 4.39 Å². The minimum Gasteiger partial charge on any atom is -0.508 e. The van der Waals surface area contributed by atoms with Crippen LogP contribution in [0.4, 0.5) is 10.1 Å². The highest BCUT2D eigenvalue weighted by Gasteiger charge is 2.08. The van der Waals surface area contributed by atoms with Gasteiger partial charge in [-0.05, 0) is 42.5 Å². The van der Waals surface area contributed by atoms with Gasteiger partial charge in [0.15, 0.2) is 0 Å². The Morgan fingerprint density at radius 1 is 1.17 bits per heavy atom. The molecule has 0 atom stereocenters. The number of anilines is 1. The number of phenolic OH excluding ortho intramolecular Hbond substituents is 1. The molecule has 3 nitrogen and oxygen atoms in total. The maximum Gasteiger partial charge on any atom is 0.255 e. The molecule has 0 aliphatic rings. The van der Waals surface area contributed by atoms with Gasteiger partial charge in [0.05, 0.1) is 0 Å². The molecule has 0 aromatic heterocycles. The Balaban J connectivity index is 2.19. The fourth-order valence-electron chi connectivity index (χ4n) is 1.43. The van der Waals surface area contributed by atoms with Crippen LogP contribution in [0.15, 0.2) is 46.9 Å². The molecule has 2 rings (SSSR count). The average molecular weight is 310 g/mol. The summed E-state index contributed by atoms with van der Waals surface area (Å²) in [5.74, 6) is -0.789. The van der Waals surface area contributed by atoms with E-state index >= 15 is 0 Å². The Morgan fingerprint density at radius 3 is 2.44 bits per heavy atom. The van der Waals surface area contributed by atoms with E-state index in [-0.39, 0.29) is 11.3 Å². The number of aromatic hydroxyl groups is 1. The largest absolute Gasteiger partial charge is 0.508 e. The van der Waals surface area contributed by atoms with Gasteiger partial charge in [0.25, 0.3) is 5.91 Å². The molecule has 0 unspecified atom stereocenters. The SMILES string of the molecule is O=C(Nc1ccc(O)cc1)c1cc(F)cc(Br)c1. The fourth-order valence-corrected chi connectivity index (χ4v) is 1.90. The molecule has 2 N–H and O–H groups in total. The Morgan fingerprint density at radius 2 is 1.83 bits per heavy atom. The minimum atomic E-state index is -0.486. The number of hydrogen-bond donors (Lipinski definition) is 2. The van der Waals surface area contributed by atoms with Crippen molar-refractivity contribution in [3.05, 3.63) is 58.3 Å². The fraction of sp³-hybridized carbons (Fsp3) is 0. The van der Waals surface area contributed by atoms with Gasteiger partial charge in [-0.15, -0.1) is 0 Å². The maximum absolute atomic E-state index is 13.1. The summed E-state index contributed by atoms with van der Waals surface area (Å²) in [6, 6.07) is 9.98. The van der Waals surface area contributed by atoms with Crippen molar-refractivity contribution in [3.63, 3.8) is 0 Å². The third-order valence-electron chi connectivity index (χ3n) is 2.25. The van der Waals surface area contributed by atoms with Crippen LogP contribution in [0.5, 0.6) is 5.75 Å². The molecular formula is C13H9BrFNO2. The van der Waals surface area contributed by atoms with Crippen LogP contribution >= 0.6 is 15.9 Å². The van der Waals surface area contributed by atoms with Crippen molar-refractivity contribution in [1.29, 1.82) is 0 Å². The standard InChI is InChI=1S/C13H9BrFNO2/c14-9-5-8(6-10(15)7-9)13(18)16-11-1-3-12(17)4-2-11/h1-7,17H,(H,16,18). The van der Waals surface area contributed by atoms with Crippen molar-refractivity contribution in [2.24, 2.45) is 0 Å². The average Bonchev–Trinajstić information content (AvgIpc) is 2.31. The molecule has 2 aromatic carbocycles. The molecule has 0 saturated carbocycles. The van der Waals surface area contributed by atoms with Gasteiger partial charge in [-0.2, -0.15) is 0 Å². The predicted molar refractivity (Wildman–Crippen MR) is 70.2 cm³/mol. The molecule has 0 aliphatic carbocycles. The highest BCUT2D eigenvalue weighted by atomic mass is 79.9. The molecule has 18 heavy (non-hydrogen) atoms. The molecule has 0 bridgehead atoms. The Labute approximate surface area is 111 Å². The molecule has 0 aliphatic heterocycles. The van der Waals surface area contributed by atoms with E-state index in [2.05, 4.69) is 21.2 Å². The maximum atomic E-state index is 13.1. The molecule has 2 aromatic rings. The molecule has 92 valence electrons. The number of nitrogens with one attached hydrogen (secondary N) is 1. The van der Waals surface area contributed by atoms with Gasteiger partial charge in [-0.3, -0.25) is 4.79 Å². The first-order chi connectivity index (χ1) is 8.54. The van der Waals surface area contributed by atoms with E-state index in [9.17, 15) is 9.18 Å². The summed E-state index contributed by atoms with van der Waals surface area (Å²) < 4.78 is 13.6. The van der Waals surface area contributed by atoms with E-state index in [0.29, 0.717) is 10.2 Å². The first-order valence-corrected chi connectivity index (χ1v) is 5.90. The second kappa shape index (κ2) is 5.18. The minimum absolute atomic E-state index is 0.112. The van der Waals surface area contributed by atoms with Crippen molar-refractivity contribution >= 4 is 27.5 Å². The highest BCUT2D eigenvalue weighted by molar-refractivity contribution is 9.10. The lowest BCUT2D eigenvalue weighted by molar-refractivity contribution is 0.102. The van der Waals surface area contributed by atoms with Crippen molar-refractivity contribution in [2.75, 3.05) is 5.32 Å². The molecule has 0 spiro atoms. The van der Waals surface area contributed by atoms with Gasteiger partial charge in [-0.1, -0.05) is 15.9 Å². The van der Waals surface area contributed by atoms with E-state index in [4.69, 9.17) is 5.11 Å². The van der Waals surface area contributed by atoms with Gasteiger partial charge in [0.2, 0.25) is 0 Å². The zero-order chi connectivity index (χ0) is 13.1. The van der Waals surface area contributed by atoms with Crippen LogP contribution in [0.1, 0.15) is 10.4 Å². The van der Waals surface area contributed by atoms with E-state index in [1.165, 1.54) is 24.3 Å². The summed E-state index contributed by atoms with van der Waals surface area (Å²) in [6.45, 7) is 0. The number of amides is 1. The third-order valence-corrected chi connectivity index (χ3v) is 2.71. The number of hydrogen-bond acceptors (Lipinski definition) is 2. The number of carbonyl (C=O) groups is 1. The lowest BCUT2D eigenvalue weighted by atomic mass is 10.2. The lowest BCUT2D eigenvalue weighted by Crippen LogP contribution is -2.12. The van der Waals surface area contributed by atoms with Crippen LogP contribution in [0.2, 0.25) is 0 Å². The number of carbonyl (C=O) groups excluding carboxylic acids is 1. The van der Waals surface area contributed by atoms with Crippen molar-refractivity contribution in [1.82, 2.24) is 0 Å². The predicted octanol–water partition coefficient (Wildman–Crippen LogP) is 3.55. The van der Waals surface area contributed by atoms with E-state index < -0.39 is 11.7 Å². The molecule has 0 fully saturated rings. The first kappa shape index (κ1) is 12.6. The van der Waals surface area contributed by atoms with Gasteiger partial charge < -0.3 is 10.4 Å². The number of benzene rings is 2. The molecule has 0 heterocycles. The summed E-state index contributed by atoms with van der Waals surface area (Å²) in [7, 11) is 0. The topological polar surface area (TPSA) is 49.3 Å². The second-order valence-corrected chi connectivity index (χ2v) is 4.57. The van der Waals surface area contributed by atoms with E-state index in [0.717, 1.165) is 6.07 Å². The van der Waals surface area contributed by atoms with Crippen molar-refractivity contribution < 1.29 is 14.3 Å². The van der Waals surface area contributed by atoms with Gasteiger partial charge in [0, 0.05) is 15.7 Å². The van der Waals surface area contributed by atoms with Crippen molar-refractivity contribution in [3.8, 4) is 5.75 Å². The summed E-state index contributed by atoms with van der Waals surface area (Å²) in [5, 5.41) is 11.7. The van der Waals surface area contributed by atoms with Crippen LogP contribution in [0, 0.1) is 5.82 Å². The summed E-state index contributed by atoms with van der Waals surface area (Å²) in [6.07, 6.45) is 0. The van der Waals surface area contributed by atoms with E-state index in [1.54, 1.807) is 12.1 Å². The van der Waals surface area contributed by atoms with E-state index in [1.807, 2.05) is 0 Å². The number of rotatable bonds is 2. The van der Waals surface area contributed by atoms with Crippen LogP contribution in [0.25, 0.3) is 0 Å². The van der Waals surface area contributed by atoms with Crippen LogP contribution in [-0.4, -0.2) is 11.0 Å². The summed E-state index contributed by atoms with van der Waals surface area (Å²) in [4.78, 5) is 11.8. The number of halogens is 2. The van der Waals surface area contributed by atoms with Gasteiger partial charge >= 0.3 is 0 Å². The summed E-state index contributed by atoms with van der Waals surface area (Å²) in [5.41, 5.74) is 0.744. The lowest BCUT2D eigenvalue weighted by Gasteiger charge is -2.06. The Kier molecular flexibility index (Phi) is 3.62. The first-order valence-electron chi connectivity index (χ1n) is 5.11. The quantitative estimate of drug-likeness (QED) is 0.834. The molecular weight excluding hydrogens is 301 g/mol. The smallest absolute Gasteiger partial charge is 0.255 e. The number of phenols is 1. The monoisotopic (exact) mass is 309 g/mol.